The van der Waals surface area contributed by atoms with E-state index in [1.807, 2.05) is 0 Å². The van der Waals surface area contributed by atoms with Crippen molar-refractivity contribution in [1.82, 2.24) is 15.4 Å². The van der Waals surface area contributed by atoms with E-state index in [1.165, 1.54) is 0 Å². The van der Waals surface area contributed by atoms with E-state index in [4.69, 9.17) is 4.55 Å². The third-order valence-corrected chi connectivity index (χ3v) is 0.409. The van der Waals surface area contributed by atoms with Crippen molar-refractivity contribution >= 4 is 10.1 Å². The maximum Gasteiger partial charge on any atom is 0.261 e. The quantitative estimate of drug-likeness (QED) is 0.530. The Kier molecular flexibility index (Phi) is 4.23. The van der Waals surface area contributed by atoms with E-state index in [0.717, 1.165) is 0 Å². The third-order valence-electron chi connectivity index (χ3n) is 0.409. The van der Waals surface area contributed by atoms with Crippen molar-refractivity contribution in [3.63, 3.8) is 0 Å². The molecular weight excluding hydrogens is 170 g/mol. The van der Waals surface area contributed by atoms with Gasteiger partial charge >= 0.3 is 0 Å². The number of hydrogen-bond donors (Lipinski definition) is 1. The Morgan fingerprint density at radius 1 is 1.27 bits per heavy atom. The summed E-state index contributed by atoms with van der Waals surface area (Å²) in [7, 11) is -3.67. The molecule has 1 aromatic heterocycles. The van der Waals surface area contributed by atoms with Gasteiger partial charge in [0.25, 0.3) is 10.1 Å². The van der Waals surface area contributed by atoms with Crippen LogP contribution in [0.15, 0.2) is 18.5 Å². The monoisotopic (exact) mass is 177 g/mol. The second-order valence-electron chi connectivity index (χ2n) is 1.54. The highest BCUT2D eigenvalue weighted by molar-refractivity contribution is 7.85. The van der Waals surface area contributed by atoms with Gasteiger partial charge in [-0.15, -0.1) is 10.2 Å². The zero-order chi connectivity index (χ0) is 8.74. The summed E-state index contributed by atoms with van der Waals surface area (Å²) in [4.78, 5) is 0. The predicted molar refractivity (Wildman–Crippen MR) is 37.3 cm³/mol. The lowest BCUT2D eigenvalue weighted by Gasteiger charge is -1.69. The van der Waals surface area contributed by atoms with E-state index in [9.17, 15) is 8.42 Å². The first kappa shape index (κ1) is 9.92. The molecule has 6 nitrogen and oxygen atoms in total. The molecule has 0 unspecified atom stereocenters. The van der Waals surface area contributed by atoms with Gasteiger partial charge in [0.1, 0.15) is 0 Å². The molecule has 0 aromatic carbocycles. The maximum absolute atomic E-state index is 9.19. The Labute approximate surface area is 64.0 Å². The van der Waals surface area contributed by atoms with Crippen LogP contribution in [-0.2, 0) is 10.1 Å². The summed E-state index contributed by atoms with van der Waals surface area (Å²) in [6, 6.07) is 1.72. The first-order chi connectivity index (χ1) is 5.00. The summed E-state index contributed by atoms with van der Waals surface area (Å²) in [5.74, 6) is 0. The molecular formula is C4H7N3O3S. The van der Waals surface area contributed by atoms with E-state index in [0.29, 0.717) is 6.26 Å². The molecule has 0 fully saturated rings. The largest absolute Gasteiger partial charge is 0.286 e. The van der Waals surface area contributed by atoms with Gasteiger partial charge in [0.05, 0.1) is 18.6 Å². The van der Waals surface area contributed by atoms with Crippen molar-refractivity contribution in [2.45, 2.75) is 0 Å². The van der Waals surface area contributed by atoms with Crippen molar-refractivity contribution in [2.24, 2.45) is 0 Å². The molecule has 0 aliphatic heterocycles. The van der Waals surface area contributed by atoms with Crippen LogP contribution >= 0.6 is 0 Å². The van der Waals surface area contributed by atoms with Crippen LogP contribution in [0.25, 0.3) is 0 Å². The maximum atomic E-state index is 9.19. The fourth-order valence-electron chi connectivity index (χ4n) is 0.205. The summed E-state index contributed by atoms with van der Waals surface area (Å²) in [5, 5.41) is 10.1. The van der Waals surface area contributed by atoms with Crippen molar-refractivity contribution in [1.29, 1.82) is 0 Å². The Morgan fingerprint density at radius 2 is 1.64 bits per heavy atom. The van der Waals surface area contributed by atoms with Crippen LogP contribution in [0.3, 0.4) is 0 Å². The van der Waals surface area contributed by atoms with Crippen LogP contribution in [0.2, 0.25) is 0 Å². The van der Waals surface area contributed by atoms with Crippen molar-refractivity contribution < 1.29 is 13.0 Å². The molecule has 1 rings (SSSR count). The first-order valence-electron chi connectivity index (χ1n) is 2.51. The Morgan fingerprint density at radius 3 is 1.73 bits per heavy atom. The highest BCUT2D eigenvalue weighted by atomic mass is 32.2. The minimum absolute atomic E-state index is 0.715. The summed E-state index contributed by atoms with van der Waals surface area (Å²) < 4.78 is 25.9. The standard InChI is InChI=1S/C3H3N3.CH4O3S/c1-2-4-6-5-3-1;1-5(2,3)4/h1-3H;1H3,(H,2,3,4). The number of hydrogen-bond acceptors (Lipinski definition) is 5. The molecule has 0 radical (unpaired) electrons. The minimum atomic E-state index is -3.67. The summed E-state index contributed by atoms with van der Waals surface area (Å²) in [6.07, 6.45) is 3.87. The summed E-state index contributed by atoms with van der Waals surface area (Å²) in [5.41, 5.74) is 0. The van der Waals surface area contributed by atoms with Gasteiger partial charge in [0.15, 0.2) is 0 Å². The topological polar surface area (TPSA) is 93.0 Å². The fraction of sp³-hybridized carbons (Fsp3) is 0.250. The highest BCUT2D eigenvalue weighted by Crippen LogP contribution is 1.62. The van der Waals surface area contributed by atoms with Crippen molar-refractivity contribution in [2.75, 3.05) is 6.26 Å². The van der Waals surface area contributed by atoms with E-state index in [2.05, 4.69) is 15.4 Å². The number of nitrogens with zero attached hydrogens (tertiary/aromatic N) is 3. The second-order valence-corrected chi connectivity index (χ2v) is 3.01. The van der Waals surface area contributed by atoms with Crippen LogP contribution in [0.5, 0.6) is 0 Å². The van der Waals surface area contributed by atoms with Gasteiger partial charge in [-0.05, 0) is 11.3 Å². The highest BCUT2D eigenvalue weighted by Gasteiger charge is 1.81. The lowest BCUT2D eigenvalue weighted by atomic mass is 10.7. The number of aromatic nitrogens is 3. The van der Waals surface area contributed by atoms with Crippen LogP contribution in [-0.4, -0.2) is 34.6 Å². The molecule has 1 aromatic rings. The lowest BCUT2D eigenvalue weighted by Crippen LogP contribution is -1.88. The van der Waals surface area contributed by atoms with E-state index >= 15 is 0 Å². The van der Waals surface area contributed by atoms with Crippen LogP contribution in [0.4, 0.5) is 0 Å². The van der Waals surface area contributed by atoms with Crippen LogP contribution < -0.4 is 0 Å². The van der Waals surface area contributed by atoms with E-state index < -0.39 is 10.1 Å². The minimum Gasteiger partial charge on any atom is -0.286 e. The number of rotatable bonds is 0. The van der Waals surface area contributed by atoms with Crippen molar-refractivity contribution in [3.05, 3.63) is 18.5 Å². The molecule has 0 spiro atoms. The Hall–Kier alpha value is -1.08. The normalized spacial score (nSPS) is 9.64. The van der Waals surface area contributed by atoms with Gasteiger partial charge in [0.2, 0.25) is 0 Å². The van der Waals surface area contributed by atoms with Gasteiger partial charge in [-0.3, -0.25) is 4.55 Å². The van der Waals surface area contributed by atoms with Crippen molar-refractivity contribution in [3.8, 4) is 0 Å². The fourth-order valence-corrected chi connectivity index (χ4v) is 0.205. The molecule has 0 saturated heterocycles. The van der Waals surface area contributed by atoms with Gasteiger partial charge < -0.3 is 0 Å². The lowest BCUT2D eigenvalue weighted by molar-refractivity contribution is 0.490. The molecule has 1 heterocycles. The van der Waals surface area contributed by atoms with Gasteiger partial charge in [-0.25, -0.2) is 0 Å². The average Bonchev–Trinajstić information content (AvgIpc) is 1.88. The SMILES string of the molecule is CS(=O)(=O)O.c1cnnnc1. The second kappa shape index (κ2) is 4.69. The molecule has 0 aliphatic rings. The van der Waals surface area contributed by atoms with Crippen LogP contribution in [0, 0.1) is 0 Å². The zero-order valence-corrected chi connectivity index (χ0v) is 6.56. The molecule has 62 valence electrons. The molecule has 7 heteroatoms. The summed E-state index contributed by atoms with van der Waals surface area (Å²) in [6.45, 7) is 0. The zero-order valence-electron chi connectivity index (χ0n) is 5.75. The predicted octanol–water partition coefficient (Wildman–Crippen LogP) is -0.624. The molecule has 0 saturated carbocycles. The van der Waals surface area contributed by atoms with Gasteiger partial charge in [-0.2, -0.15) is 8.42 Å². The van der Waals surface area contributed by atoms with Gasteiger partial charge in [-0.1, -0.05) is 0 Å². The molecule has 0 amide bonds. The Balaban J connectivity index is 0.000000187. The summed E-state index contributed by atoms with van der Waals surface area (Å²) >= 11 is 0. The molecule has 0 atom stereocenters. The van der Waals surface area contributed by atoms with E-state index in [1.54, 1.807) is 18.5 Å². The molecule has 11 heavy (non-hydrogen) atoms. The smallest absolute Gasteiger partial charge is 0.261 e. The van der Waals surface area contributed by atoms with Gasteiger partial charge in [0, 0.05) is 0 Å². The first-order valence-corrected chi connectivity index (χ1v) is 4.36. The Bertz CT molecular complexity index is 237. The van der Waals surface area contributed by atoms with E-state index in [-0.39, 0.29) is 0 Å². The molecule has 1 N–H and O–H groups in total. The van der Waals surface area contributed by atoms with Crippen LogP contribution in [0.1, 0.15) is 0 Å². The average molecular weight is 177 g/mol. The molecule has 0 aliphatic carbocycles. The molecule has 0 bridgehead atoms. The third kappa shape index (κ3) is 17.6.